The van der Waals surface area contributed by atoms with E-state index < -0.39 is 35.6 Å². The second-order valence-corrected chi connectivity index (χ2v) is 8.82. The maximum absolute atomic E-state index is 13.3. The van der Waals surface area contributed by atoms with Crippen LogP contribution >= 0.6 is 0 Å². The number of aryl methyl sites for hydroxylation is 1. The Hall–Kier alpha value is -4.47. The molecule has 1 unspecified atom stereocenters. The number of alkyl halides is 3. The van der Waals surface area contributed by atoms with Crippen LogP contribution in [-0.2, 0) is 9.59 Å². The first kappa shape index (κ1) is 27.6. The van der Waals surface area contributed by atoms with E-state index in [2.05, 4.69) is 4.74 Å². The Morgan fingerprint density at radius 3 is 2.33 bits per heavy atom. The average molecular weight is 542 g/mol. The number of aliphatic hydroxyl groups is 1. The molecule has 0 spiro atoms. The summed E-state index contributed by atoms with van der Waals surface area (Å²) in [4.78, 5) is 27.7. The van der Waals surface area contributed by atoms with Gasteiger partial charge in [0.15, 0.2) is 0 Å². The molecule has 1 heterocycles. The number of halogens is 3. The summed E-state index contributed by atoms with van der Waals surface area (Å²) in [6.45, 7) is 4.26. The zero-order valence-corrected chi connectivity index (χ0v) is 21.4. The van der Waals surface area contributed by atoms with Gasteiger partial charge in [-0.15, -0.1) is 13.2 Å². The Morgan fingerprint density at radius 2 is 1.72 bits per heavy atom. The van der Waals surface area contributed by atoms with E-state index in [0.29, 0.717) is 29.2 Å². The Labute approximate surface area is 223 Å². The molecule has 1 fully saturated rings. The van der Waals surface area contributed by atoms with Gasteiger partial charge >= 0.3 is 6.36 Å². The first-order chi connectivity index (χ1) is 18.5. The fourth-order valence-electron chi connectivity index (χ4n) is 4.36. The molecule has 0 aliphatic carbocycles. The first-order valence-corrected chi connectivity index (χ1v) is 12.1. The fraction of sp³-hybridized carbons (Fsp3) is 0.241. The number of ketones is 1. The van der Waals surface area contributed by atoms with Crippen molar-refractivity contribution in [1.82, 2.24) is 0 Å². The second-order valence-electron chi connectivity index (χ2n) is 8.82. The topological polar surface area (TPSA) is 85.3 Å². The average Bonchev–Trinajstić information content (AvgIpc) is 3.16. The summed E-state index contributed by atoms with van der Waals surface area (Å²) in [7, 11) is 1.48. The summed E-state index contributed by atoms with van der Waals surface area (Å²) in [5.74, 6) is -1.87. The molecule has 1 saturated heterocycles. The van der Waals surface area contributed by atoms with Crippen LogP contribution in [0.5, 0.6) is 17.2 Å². The smallest absolute Gasteiger partial charge is 0.507 e. The molecule has 39 heavy (non-hydrogen) atoms. The predicted octanol–water partition coefficient (Wildman–Crippen LogP) is 6.32. The van der Waals surface area contributed by atoms with Crippen molar-refractivity contribution >= 4 is 23.1 Å². The summed E-state index contributed by atoms with van der Waals surface area (Å²) >= 11 is 0. The van der Waals surface area contributed by atoms with E-state index in [9.17, 15) is 27.9 Å². The number of methoxy groups -OCH3 is 1. The third-order valence-electron chi connectivity index (χ3n) is 6.12. The van der Waals surface area contributed by atoms with Gasteiger partial charge in [0.1, 0.15) is 23.0 Å². The van der Waals surface area contributed by atoms with Crippen molar-refractivity contribution in [3.05, 3.63) is 89.0 Å². The molecule has 0 saturated carbocycles. The second kappa shape index (κ2) is 11.1. The maximum Gasteiger partial charge on any atom is 0.573 e. The van der Waals surface area contributed by atoms with E-state index in [4.69, 9.17) is 9.47 Å². The number of hydrogen-bond donors (Lipinski definition) is 1. The lowest BCUT2D eigenvalue weighted by molar-refractivity contribution is -0.274. The first-order valence-electron chi connectivity index (χ1n) is 12.1. The van der Waals surface area contributed by atoms with E-state index >= 15 is 0 Å². The summed E-state index contributed by atoms with van der Waals surface area (Å²) in [6.07, 6.45) is -4.14. The zero-order valence-electron chi connectivity index (χ0n) is 21.4. The molecule has 1 amide bonds. The minimum absolute atomic E-state index is 0.0155. The van der Waals surface area contributed by atoms with Crippen molar-refractivity contribution in [2.45, 2.75) is 32.7 Å². The summed E-state index contributed by atoms with van der Waals surface area (Å²) in [6, 6.07) is 14.9. The van der Waals surface area contributed by atoms with Crippen LogP contribution in [0, 0.1) is 6.92 Å². The fourth-order valence-corrected chi connectivity index (χ4v) is 4.36. The molecular weight excluding hydrogens is 515 g/mol. The highest BCUT2D eigenvalue weighted by Gasteiger charge is 2.47. The lowest BCUT2D eigenvalue weighted by atomic mass is 9.94. The van der Waals surface area contributed by atoms with Gasteiger partial charge in [-0.25, -0.2) is 0 Å². The number of rotatable bonds is 8. The molecule has 0 aromatic heterocycles. The Balaban J connectivity index is 1.86. The molecule has 7 nitrogen and oxygen atoms in total. The molecule has 3 aromatic carbocycles. The van der Waals surface area contributed by atoms with Crippen LogP contribution in [0.15, 0.2) is 72.3 Å². The van der Waals surface area contributed by atoms with E-state index in [1.807, 2.05) is 6.92 Å². The van der Waals surface area contributed by atoms with Gasteiger partial charge in [-0.2, -0.15) is 0 Å². The number of aliphatic hydroxyl groups excluding tert-OH is 1. The van der Waals surface area contributed by atoms with Crippen LogP contribution in [0.4, 0.5) is 18.9 Å². The normalized spacial score (nSPS) is 16.9. The predicted molar refractivity (Wildman–Crippen MR) is 138 cm³/mol. The number of anilines is 1. The minimum Gasteiger partial charge on any atom is -0.507 e. The van der Waals surface area contributed by atoms with Gasteiger partial charge in [0.25, 0.3) is 11.7 Å². The summed E-state index contributed by atoms with van der Waals surface area (Å²) in [5.41, 5.74) is 1.19. The van der Waals surface area contributed by atoms with Crippen LogP contribution < -0.4 is 19.1 Å². The van der Waals surface area contributed by atoms with Gasteiger partial charge in [0.05, 0.1) is 25.3 Å². The van der Waals surface area contributed by atoms with E-state index in [0.717, 1.165) is 23.5 Å². The molecule has 1 aliphatic heterocycles. The number of nitrogens with zero attached hydrogens (tertiary/aromatic N) is 1. The molecule has 4 rings (SSSR count). The summed E-state index contributed by atoms with van der Waals surface area (Å²) in [5, 5.41) is 11.3. The van der Waals surface area contributed by atoms with Crippen molar-refractivity contribution < 1.29 is 42.1 Å². The Kier molecular flexibility index (Phi) is 7.85. The van der Waals surface area contributed by atoms with Crippen LogP contribution in [0.3, 0.4) is 0 Å². The van der Waals surface area contributed by atoms with Gasteiger partial charge in [-0.1, -0.05) is 25.1 Å². The third-order valence-corrected chi connectivity index (χ3v) is 6.12. The standard InChI is InChI=1S/C29H26F3NO6/c1-4-14-38-23-13-10-19(15-17(23)2)26(34)24-25(18-8-11-21(37-3)12-9-18)33(28(36)27(24)35)20-6-5-7-22(16-20)39-29(30,31)32/h5-13,15-16,25,34H,4,14H2,1-3H3/b26-24+. The largest absolute Gasteiger partial charge is 0.573 e. The highest BCUT2D eigenvalue weighted by atomic mass is 19.4. The third kappa shape index (κ3) is 5.84. The number of hydrogen-bond acceptors (Lipinski definition) is 6. The minimum atomic E-state index is -4.95. The number of benzene rings is 3. The number of carbonyl (C=O) groups is 2. The maximum atomic E-state index is 13.3. The Bertz CT molecular complexity index is 1420. The highest BCUT2D eigenvalue weighted by Crippen LogP contribution is 2.43. The monoisotopic (exact) mass is 541 g/mol. The number of Topliss-reactive ketones (excluding diaryl/α,β-unsaturated/α-hetero) is 1. The van der Waals surface area contributed by atoms with Crippen molar-refractivity contribution in [3.8, 4) is 17.2 Å². The van der Waals surface area contributed by atoms with E-state index in [1.54, 1.807) is 49.4 Å². The number of amides is 1. The van der Waals surface area contributed by atoms with E-state index in [1.165, 1.54) is 19.2 Å². The number of ether oxygens (including phenoxy) is 3. The van der Waals surface area contributed by atoms with Gasteiger partial charge in [0.2, 0.25) is 0 Å². The van der Waals surface area contributed by atoms with Gasteiger partial charge < -0.3 is 19.3 Å². The zero-order chi connectivity index (χ0) is 28.3. The van der Waals surface area contributed by atoms with Crippen molar-refractivity contribution in [2.24, 2.45) is 0 Å². The molecule has 3 aromatic rings. The van der Waals surface area contributed by atoms with E-state index in [-0.39, 0.29) is 16.8 Å². The lowest BCUT2D eigenvalue weighted by Crippen LogP contribution is -2.29. The van der Waals surface area contributed by atoms with Crippen molar-refractivity contribution in [2.75, 3.05) is 18.6 Å². The molecule has 204 valence electrons. The molecule has 1 N–H and O–H groups in total. The molecular formula is C29H26F3NO6. The highest BCUT2D eigenvalue weighted by molar-refractivity contribution is 6.51. The SMILES string of the molecule is CCCOc1ccc(/C(O)=C2\C(=O)C(=O)N(c3cccc(OC(F)(F)F)c3)C2c2ccc(OC)cc2)cc1C. The lowest BCUT2D eigenvalue weighted by Gasteiger charge is -2.26. The van der Waals surface area contributed by atoms with Crippen LogP contribution in [-0.4, -0.2) is 36.9 Å². The van der Waals surface area contributed by atoms with Gasteiger partial charge in [-0.05, 0) is 66.9 Å². The van der Waals surface area contributed by atoms with Crippen LogP contribution in [0.1, 0.15) is 36.1 Å². The van der Waals surface area contributed by atoms with Crippen LogP contribution in [0.25, 0.3) is 5.76 Å². The van der Waals surface area contributed by atoms with Gasteiger partial charge in [0, 0.05) is 17.3 Å². The quantitative estimate of drug-likeness (QED) is 0.204. The van der Waals surface area contributed by atoms with Crippen LogP contribution in [0.2, 0.25) is 0 Å². The number of carbonyl (C=O) groups excluding carboxylic acids is 2. The molecule has 1 atom stereocenters. The molecule has 0 bridgehead atoms. The molecule has 10 heteroatoms. The molecule has 0 radical (unpaired) electrons. The summed E-state index contributed by atoms with van der Waals surface area (Å²) < 4.78 is 53.5. The Morgan fingerprint density at radius 1 is 1.00 bits per heavy atom. The van der Waals surface area contributed by atoms with Crippen molar-refractivity contribution in [1.29, 1.82) is 0 Å². The van der Waals surface area contributed by atoms with Crippen molar-refractivity contribution in [3.63, 3.8) is 0 Å². The molecule has 1 aliphatic rings. The van der Waals surface area contributed by atoms with Gasteiger partial charge in [-0.3, -0.25) is 14.5 Å².